The first kappa shape index (κ1) is 22.3. The van der Waals surface area contributed by atoms with Crippen LogP contribution in [-0.4, -0.2) is 28.9 Å². The zero-order valence-electron chi connectivity index (χ0n) is 16.6. The van der Waals surface area contributed by atoms with Crippen LogP contribution in [0.4, 0.5) is 5.69 Å². The van der Waals surface area contributed by atoms with Crippen LogP contribution in [0, 0.1) is 0 Å². The van der Waals surface area contributed by atoms with Crippen LogP contribution in [0.3, 0.4) is 0 Å². The topological polar surface area (TPSA) is 79.7 Å². The number of methoxy groups -OCH3 is 1. The van der Waals surface area contributed by atoms with Crippen molar-refractivity contribution in [2.45, 2.75) is 6.04 Å². The van der Waals surface area contributed by atoms with Crippen molar-refractivity contribution in [1.82, 2.24) is 4.98 Å². The molecule has 0 aliphatic carbocycles. The Bertz CT molecular complexity index is 1240. The highest BCUT2D eigenvalue weighted by Crippen LogP contribution is 2.43. The Morgan fingerprint density at radius 3 is 2.44 bits per heavy atom. The van der Waals surface area contributed by atoms with Gasteiger partial charge in [0.25, 0.3) is 11.7 Å². The molecule has 1 N–H and O–H groups in total. The van der Waals surface area contributed by atoms with E-state index >= 15 is 0 Å². The molecule has 1 aliphatic rings. The van der Waals surface area contributed by atoms with Gasteiger partial charge in [0.15, 0.2) is 5.75 Å². The quantitative estimate of drug-likeness (QED) is 0.261. The molecule has 1 atom stereocenters. The first-order chi connectivity index (χ1) is 15.3. The minimum Gasteiger partial charge on any atom is -0.507 e. The molecule has 1 fully saturated rings. The van der Waals surface area contributed by atoms with Gasteiger partial charge in [0, 0.05) is 28.1 Å². The first-order valence-corrected chi connectivity index (χ1v) is 10.9. The van der Waals surface area contributed by atoms with Crippen LogP contribution in [0.5, 0.6) is 5.75 Å². The van der Waals surface area contributed by atoms with Crippen molar-refractivity contribution < 1.29 is 19.4 Å². The second-order valence-corrected chi connectivity index (χ2v) is 8.64. The Morgan fingerprint density at radius 1 is 1.12 bits per heavy atom. The molecule has 0 bridgehead atoms. The summed E-state index contributed by atoms with van der Waals surface area (Å²) in [4.78, 5) is 31.7. The van der Waals surface area contributed by atoms with Gasteiger partial charge in [0.05, 0.1) is 28.8 Å². The minimum atomic E-state index is -0.905. The number of ketones is 1. The Morgan fingerprint density at radius 2 is 1.84 bits per heavy atom. The highest BCUT2D eigenvalue weighted by atomic mass is 79.9. The Hall–Kier alpha value is -2.87. The standard InChI is InChI=1S/C23H15BrCl2N2O4/c1-32-22-16(25)8-13(9-17(22)26)20(29)18-19(12-4-3-7-27-11-12)28(23(31)21(18)30)15-6-2-5-14(24)10-15/h2-11,19,29H,1H3/b20-18+. The molecule has 32 heavy (non-hydrogen) atoms. The van der Waals surface area contributed by atoms with Crippen molar-refractivity contribution in [2.75, 3.05) is 12.0 Å². The number of nitrogens with zero attached hydrogens (tertiary/aromatic N) is 2. The van der Waals surface area contributed by atoms with Gasteiger partial charge in [-0.25, -0.2) is 0 Å². The van der Waals surface area contributed by atoms with Gasteiger partial charge in [0.1, 0.15) is 5.76 Å². The van der Waals surface area contributed by atoms with E-state index in [9.17, 15) is 14.7 Å². The fraction of sp³-hybridized carbons (Fsp3) is 0.0870. The van der Waals surface area contributed by atoms with Crippen molar-refractivity contribution in [1.29, 1.82) is 0 Å². The number of hydrogen-bond donors (Lipinski definition) is 1. The van der Waals surface area contributed by atoms with E-state index in [1.54, 1.807) is 48.8 Å². The number of carbonyl (C=O) groups excluding carboxylic acids is 2. The molecule has 1 saturated heterocycles. The van der Waals surface area contributed by atoms with Crippen LogP contribution in [0.1, 0.15) is 17.2 Å². The SMILES string of the molecule is COc1c(Cl)cc(/C(O)=C2\C(=O)C(=O)N(c3cccc(Br)c3)C2c2cccnc2)cc1Cl. The molecular formula is C23H15BrCl2N2O4. The molecule has 9 heteroatoms. The second kappa shape index (κ2) is 8.94. The number of benzene rings is 2. The van der Waals surface area contributed by atoms with Crippen molar-refractivity contribution >= 4 is 62.3 Å². The molecule has 0 spiro atoms. The lowest BCUT2D eigenvalue weighted by molar-refractivity contribution is -0.132. The van der Waals surface area contributed by atoms with Gasteiger partial charge in [-0.2, -0.15) is 0 Å². The van der Waals surface area contributed by atoms with Crippen LogP contribution in [0.2, 0.25) is 10.0 Å². The summed E-state index contributed by atoms with van der Waals surface area (Å²) < 4.78 is 5.88. The molecule has 6 nitrogen and oxygen atoms in total. The number of aliphatic hydroxyl groups excluding tert-OH is 1. The number of amides is 1. The molecule has 3 aromatic rings. The predicted molar refractivity (Wildman–Crippen MR) is 126 cm³/mol. The maximum atomic E-state index is 13.1. The molecule has 4 rings (SSSR count). The number of rotatable bonds is 4. The summed E-state index contributed by atoms with van der Waals surface area (Å²) in [6, 6.07) is 12.4. The molecule has 1 amide bonds. The summed E-state index contributed by atoms with van der Waals surface area (Å²) in [5, 5.41) is 11.5. The van der Waals surface area contributed by atoms with Crippen LogP contribution in [-0.2, 0) is 9.59 Å². The molecule has 1 aliphatic heterocycles. The highest BCUT2D eigenvalue weighted by Gasteiger charge is 2.47. The average molecular weight is 534 g/mol. The third-order valence-corrected chi connectivity index (χ3v) is 6.06. The van der Waals surface area contributed by atoms with Crippen molar-refractivity contribution in [3.05, 3.63) is 92.1 Å². The van der Waals surface area contributed by atoms with Crippen LogP contribution in [0.25, 0.3) is 5.76 Å². The lowest BCUT2D eigenvalue weighted by Crippen LogP contribution is -2.29. The van der Waals surface area contributed by atoms with E-state index in [1.807, 2.05) is 0 Å². The number of carbonyl (C=O) groups is 2. The summed E-state index contributed by atoms with van der Waals surface area (Å²) in [5.74, 6) is -1.77. The van der Waals surface area contributed by atoms with E-state index < -0.39 is 23.5 Å². The lowest BCUT2D eigenvalue weighted by Gasteiger charge is -2.25. The zero-order chi connectivity index (χ0) is 23.0. The number of halogens is 3. The summed E-state index contributed by atoms with van der Waals surface area (Å²) >= 11 is 15.8. The van der Waals surface area contributed by atoms with Gasteiger partial charge in [-0.15, -0.1) is 0 Å². The number of Topliss-reactive ketones (excluding diaryl/α,β-unsaturated/α-hetero) is 1. The summed E-state index contributed by atoms with van der Waals surface area (Å²) in [6.07, 6.45) is 3.13. The molecule has 0 radical (unpaired) electrons. The van der Waals surface area contributed by atoms with Crippen LogP contribution in [0.15, 0.2) is 71.0 Å². The lowest BCUT2D eigenvalue weighted by atomic mass is 9.96. The monoisotopic (exact) mass is 532 g/mol. The fourth-order valence-electron chi connectivity index (χ4n) is 3.63. The number of aromatic nitrogens is 1. The van der Waals surface area contributed by atoms with Gasteiger partial charge in [-0.3, -0.25) is 19.5 Å². The summed E-state index contributed by atoms with van der Waals surface area (Å²) in [5.41, 5.74) is 1.13. The molecule has 0 saturated carbocycles. The predicted octanol–water partition coefficient (Wildman–Crippen LogP) is 5.79. The van der Waals surface area contributed by atoms with Gasteiger partial charge in [-0.1, -0.05) is 51.3 Å². The van der Waals surface area contributed by atoms with E-state index in [2.05, 4.69) is 20.9 Å². The Kier molecular flexibility index (Phi) is 6.24. The Balaban J connectivity index is 1.96. The summed E-state index contributed by atoms with van der Waals surface area (Å²) in [7, 11) is 1.42. The van der Waals surface area contributed by atoms with Gasteiger partial charge >= 0.3 is 0 Å². The van der Waals surface area contributed by atoms with E-state index in [1.165, 1.54) is 24.1 Å². The molecule has 2 heterocycles. The zero-order valence-corrected chi connectivity index (χ0v) is 19.6. The molecule has 1 aromatic heterocycles. The van der Waals surface area contributed by atoms with Crippen molar-refractivity contribution in [2.24, 2.45) is 0 Å². The van der Waals surface area contributed by atoms with E-state index in [-0.39, 0.29) is 26.9 Å². The fourth-order valence-corrected chi connectivity index (χ4v) is 4.65. The molecule has 1 unspecified atom stereocenters. The molecule has 2 aromatic carbocycles. The maximum absolute atomic E-state index is 13.1. The van der Waals surface area contributed by atoms with Crippen molar-refractivity contribution in [3.63, 3.8) is 0 Å². The number of pyridine rings is 1. The van der Waals surface area contributed by atoms with Crippen molar-refractivity contribution in [3.8, 4) is 5.75 Å². The third-order valence-electron chi connectivity index (χ3n) is 5.01. The van der Waals surface area contributed by atoms with E-state index in [0.717, 1.165) is 4.47 Å². The van der Waals surface area contributed by atoms with Gasteiger partial charge in [0.2, 0.25) is 0 Å². The number of aliphatic hydroxyl groups is 1. The minimum absolute atomic E-state index is 0.0970. The van der Waals surface area contributed by atoms with E-state index in [0.29, 0.717) is 11.3 Å². The molecular weight excluding hydrogens is 519 g/mol. The van der Waals surface area contributed by atoms with Gasteiger partial charge < -0.3 is 9.84 Å². The highest BCUT2D eigenvalue weighted by molar-refractivity contribution is 9.10. The largest absolute Gasteiger partial charge is 0.507 e. The van der Waals surface area contributed by atoms with Crippen LogP contribution >= 0.6 is 39.1 Å². The number of hydrogen-bond acceptors (Lipinski definition) is 5. The normalized spacial score (nSPS) is 17.6. The van der Waals surface area contributed by atoms with Gasteiger partial charge in [-0.05, 0) is 42.0 Å². The van der Waals surface area contributed by atoms with E-state index in [4.69, 9.17) is 27.9 Å². The number of ether oxygens (including phenoxy) is 1. The van der Waals surface area contributed by atoms with Crippen LogP contribution < -0.4 is 9.64 Å². The Labute approximate surface area is 202 Å². The maximum Gasteiger partial charge on any atom is 0.300 e. The third kappa shape index (κ3) is 3.88. The number of anilines is 1. The summed E-state index contributed by atoms with van der Waals surface area (Å²) in [6.45, 7) is 0. The smallest absolute Gasteiger partial charge is 0.300 e. The average Bonchev–Trinajstić information content (AvgIpc) is 3.04. The first-order valence-electron chi connectivity index (χ1n) is 9.33. The second-order valence-electron chi connectivity index (χ2n) is 6.91. The molecule has 162 valence electrons.